The molecule has 2 rings (SSSR count). The maximum atomic E-state index is 11.6. The number of aromatic nitrogens is 1. The number of methoxy groups -OCH3 is 1. The maximum absolute atomic E-state index is 11.6. The highest BCUT2D eigenvalue weighted by atomic mass is 32.2. The van der Waals surface area contributed by atoms with E-state index in [1.165, 1.54) is 26.1 Å². The quantitative estimate of drug-likeness (QED) is 0.813. The number of thioether (sulfide) groups is 1. The molecule has 110 valence electrons. The van der Waals surface area contributed by atoms with Crippen LogP contribution < -0.4 is 11.1 Å². The predicted molar refractivity (Wildman–Crippen MR) is 83.2 cm³/mol. The van der Waals surface area contributed by atoms with Crippen LogP contribution in [0, 0.1) is 0 Å². The van der Waals surface area contributed by atoms with Gasteiger partial charge in [-0.2, -0.15) is 11.8 Å². The highest BCUT2D eigenvalue weighted by Gasteiger charge is 2.27. The fourth-order valence-electron chi connectivity index (χ4n) is 2.53. The average Bonchev–Trinajstić information content (AvgIpc) is 2.88. The summed E-state index contributed by atoms with van der Waals surface area (Å²) in [7, 11) is 1.35. The molecule has 1 heterocycles. The summed E-state index contributed by atoms with van der Waals surface area (Å²) in [6, 6.07) is 2.08. The summed E-state index contributed by atoms with van der Waals surface area (Å²) >= 11 is 1.98. The molecule has 1 aliphatic rings. The molecule has 1 aliphatic carbocycles. The number of nitrogens with one attached hydrogen (secondary N) is 1. The van der Waals surface area contributed by atoms with Crippen LogP contribution in [0.3, 0.4) is 0 Å². The number of ether oxygens (including phenoxy) is 1. The zero-order valence-electron chi connectivity index (χ0n) is 11.9. The lowest BCUT2D eigenvalue weighted by molar-refractivity contribution is 0.0602. The molecule has 0 aromatic carbocycles. The second kappa shape index (κ2) is 6.83. The lowest BCUT2D eigenvalue weighted by atomic mass is 10.2. The zero-order chi connectivity index (χ0) is 14.5. The predicted octanol–water partition coefficient (Wildman–Crippen LogP) is 2.54. The number of nitrogens with two attached hydrogens (primary N) is 1. The molecule has 3 N–H and O–H groups in total. The number of nitrogen functional groups attached to an aromatic ring is 1. The molecule has 20 heavy (non-hydrogen) atoms. The van der Waals surface area contributed by atoms with Crippen molar-refractivity contribution >= 4 is 29.2 Å². The molecule has 6 heteroatoms. The molecule has 1 saturated carbocycles. The van der Waals surface area contributed by atoms with Crippen LogP contribution in [0.5, 0.6) is 0 Å². The Balaban J connectivity index is 2.11. The minimum atomic E-state index is -0.432. The fourth-order valence-corrected chi connectivity index (χ4v) is 3.72. The summed E-state index contributed by atoms with van der Waals surface area (Å²) in [6.45, 7) is 2.18. The van der Waals surface area contributed by atoms with Crippen molar-refractivity contribution in [1.29, 1.82) is 0 Å². The Kier molecular flexibility index (Phi) is 5.11. The number of esters is 1. The molecule has 0 spiro atoms. The van der Waals surface area contributed by atoms with Gasteiger partial charge in [0.1, 0.15) is 5.82 Å². The highest BCUT2D eigenvalue weighted by Crippen LogP contribution is 2.32. The lowest BCUT2D eigenvalue weighted by Gasteiger charge is -2.21. The number of rotatable bonds is 5. The van der Waals surface area contributed by atoms with E-state index in [-0.39, 0.29) is 0 Å². The van der Waals surface area contributed by atoms with E-state index in [2.05, 4.69) is 17.2 Å². The Hall–Kier alpha value is -1.43. The van der Waals surface area contributed by atoms with Gasteiger partial charge in [-0.25, -0.2) is 9.78 Å². The third-order valence-corrected chi connectivity index (χ3v) is 4.83. The molecule has 1 fully saturated rings. The van der Waals surface area contributed by atoms with Crippen molar-refractivity contribution in [3.05, 3.63) is 17.8 Å². The molecule has 0 aliphatic heterocycles. The van der Waals surface area contributed by atoms with Gasteiger partial charge in [-0.1, -0.05) is 13.3 Å². The first-order valence-corrected chi connectivity index (χ1v) is 7.92. The van der Waals surface area contributed by atoms with Gasteiger partial charge in [-0.3, -0.25) is 0 Å². The molecule has 0 saturated heterocycles. The second-order valence-corrected chi connectivity index (χ2v) is 6.34. The average molecular weight is 295 g/mol. The number of hydrogen-bond donors (Lipinski definition) is 2. The van der Waals surface area contributed by atoms with Crippen molar-refractivity contribution in [2.45, 2.75) is 37.5 Å². The van der Waals surface area contributed by atoms with E-state index in [0.29, 0.717) is 28.4 Å². The Morgan fingerprint density at radius 2 is 2.40 bits per heavy atom. The standard InChI is InChI=1S/C14H21N3O2S/c1-3-20-12-6-4-5-11(12)17-13-7-9(14(18)19-2)10(15)8-16-13/h7-8,11-12H,3-6,15H2,1-2H3,(H,16,17). The van der Waals surface area contributed by atoms with Crippen LogP contribution in [0.1, 0.15) is 36.5 Å². The van der Waals surface area contributed by atoms with Crippen LogP contribution in [0.25, 0.3) is 0 Å². The summed E-state index contributed by atoms with van der Waals surface area (Å²) in [5, 5.41) is 4.04. The van der Waals surface area contributed by atoms with Crippen LogP contribution in [-0.2, 0) is 4.74 Å². The van der Waals surface area contributed by atoms with Gasteiger partial charge in [0.15, 0.2) is 0 Å². The van der Waals surface area contributed by atoms with Crippen LogP contribution in [-0.4, -0.2) is 35.1 Å². The number of pyridine rings is 1. The van der Waals surface area contributed by atoms with E-state index >= 15 is 0 Å². The zero-order valence-corrected chi connectivity index (χ0v) is 12.7. The van der Waals surface area contributed by atoms with Gasteiger partial charge in [-0.05, 0) is 24.7 Å². The van der Waals surface area contributed by atoms with Gasteiger partial charge in [-0.15, -0.1) is 0 Å². The van der Waals surface area contributed by atoms with E-state index < -0.39 is 5.97 Å². The first-order valence-electron chi connectivity index (χ1n) is 6.87. The first kappa shape index (κ1) is 15.0. The van der Waals surface area contributed by atoms with E-state index in [4.69, 9.17) is 10.5 Å². The topological polar surface area (TPSA) is 77.2 Å². The summed E-state index contributed by atoms with van der Waals surface area (Å²) in [4.78, 5) is 15.9. The third kappa shape index (κ3) is 3.36. The van der Waals surface area contributed by atoms with E-state index in [1.807, 2.05) is 11.8 Å². The van der Waals surface area contributed by atoms with Gasteiger partial charge < -0.3 is 15.8 Å². The SMILES string of the molecule is CCSC1CCCC1Nc1cc(C(=O)OC)c(N)cn1. The smallest absolute Gasteiger partial charge is 0.340 e. The molecule has 5 nitrogen and oxygen atoms in total. The van der Waals surface area contributed by atoms with Crippen molar-refractivity contribution in [2.75, 3.05) is 23.9 Å². The summed E-state index contributed by atoms with van der Waals surface area (Å²) in [5.41, 5.74) is 6.46. The monoisotopic (exact) mass is 295 g/mol. The minimum Gasteiger partial charge on any atom is -0.465 e. The number of carbonyl (C=O) groups is 1. The number of hydrogen-bond acceptors (Lipinski definition) is 6. The molecule has 1 aromatic heterocycles. The molecule has 0 amide bonds. The molecular weight excluding hydrogens is 274 g/mol. The number of carbonyl (C=O) groups excluding carboxylic acids is 1. The molecular formula is C14H21N3O2S. The highest BCUT2D eigenvalue weighted by molar-refractivity contribution is 7.99. The van der Waals surface area contributed by atoms with Crippen molar-refractivity contribution in [1.82, 2.24) is 4.98 Å². The summed E-state index contributed by atoms with van der Waals surface area (Å²) in [5.74, 6) is 1.37. The van der Waals surface area contributed by atoms with Gasteiger partial charge in [0.05, 0.1) is 24.6 Å². The van der Waals surface area contributed by atoms with E-state index in [1.54, 1.807) is 6.07 Å². The second-order valence-electron chi connectivity index (χ2n) is 4.82. The largest absolute Gasteiger partial charge is 0.465 e. The fraction of sp³-hybridized carbons (Fsp3) is 0.571. The van der Waals surface area contributed by atoms with Crippen molar-refractivity contribution < 1.29 is 9.53 Å². The lowest BCUT2D eigenvalue weighted by Crippen LogP contribution is -2.26. The molecule has 0 radical (unpaired) electrons. The Morgan fingerprint density at radius 1 is 1.60 bits per heavy atom. The van der Waals surface area contributed by atoms with Gasteiger partial charge >= 0.3 is 5.97 Å². The molecule has 2 atom stereocenters. The number of nitrogens with zero attached hydrogens (tertiary/aromatic N) is 1. The Labute approximate surface area is 123 Å². The maximum Gasteiger partial charge on any atom is 0.340 e. The molecule has 1 aromatic rings. The summed E-state index contributed by atoms with van der Waals surface area (Å²) < 4.78 is 4.72. The normalized spacial score (nSPS) is 21.7. The van der Waals surface area contributed by atoms with Crippen LogP contribution in [0.4, 0.5) is 11.5 Å². The van der Waals surface area contributed by atoms with E-state index in [0.717, 1.165) is 12.2 Å². The molecule has 0 bridgehead atoms. The van der Waals surface area contributed by atoms with Crippen LogP contribution in [0.15, 0.2) is 12.3 Å². The first-order chi connectivity index (χ1) is 9.65. The molecule has 2 unspecified atom stereocenters. The number of anilines is 2. The van der Waals surface area contributed by atoms with Crippen LogP contribution >= 0.6 is 11.8 Å². The summed E-state index contributed by atoms with van der Waals surface area (Å²) in [6.07, 6.45) is 5.10. The third-order valence-electron chi connectivity index (χ3n) is 3.51. The van der Waals surface area contributed by atoms with Crippen molar-refractivity contribution in [2.24, 2.45) is 0 Å². The van der Waals surface area contributed by atoms with Gasteiger partial charge in [0, 0.05) is 11.3 Å². The van der Waals surface area contributed by atoms with Crippen molar-refractivity contribution in [3.8, 4) is 0 Å². The minimum absolute atomic E-state index is 0.341. The van der Waals surface area contributed by atoms with Gasteiger partial charge in [0.2, 0.25) is 0 Å². The van der Waals surface area contributed by atoms with Gasteiger partial charge in [0.25, 0.3) is 0 Å². The Bertz CT molecular complexity index is 481. The van der Waals surface area contributed by atoms with E-state index in [9.17, 15) is 4.79 Å². The van der Waals surface area contributed by atoms with Crippen molar-refractivity contribution in [3.63, 3.8) is 0 Å². The Morgan fingerprint density at radius 3 is 3.10 bits per heavy atom. The van der Waals surface area contributed by atoms with Crippen LogP contribution in [0.2, 0.25) is 0 Å².